The zero-order valence-corrected chi connectivity index (χ0v) is 23.4. The lowest BCUT2D eigenvalue weighted by Crippen LogP contribution is -2.32. The largest absolute Gasteiger partial charge is 0.312 e. The van der Waals surface area contributed by atoms with Crippen molar-refractivity contribution in [3.8, 4) is 11.1 Å². The van der Waals surface area contributed by atoms with Crippen molar-refractivity contribution in [3.63, 3.8) is 0 Å². The van der Waals surface area contributed by atoms with Crippen LogP contribution in [-0.4, -0.2) is 0 Å². The van der Waals surface area contributed by atoms with Gasteiger partial charge in [-0.3, -0.25) is 0 Å². The average Bonchev–Trinajstić information content (AvgIpc) is 3.03. The van der Waals surface area contributed by atoms with Gasteiger partial charge in [-0.1, -0.05) is 170 Å². The fourth-order valence-electron chi connectivity index (χ4n) is 4.83. The Morgan fingerprint density at radius 3 is 1.00 bits per heavy atom. The summed E-state index contributed by atoms with van der Waals surface area (Å²) in [7, 11) is -1.84. The predicted octanol–water partition coefficient (Wildman–Crippen LogP) is 8.26. The molecule has 0 bridgehead atoms. The van der Waals surface area contributed by atoms with E-state index >= 15 is 0 Å². The summed E-state index contributed by atoms with van der Waals surface area (Å²) in [6.45, 7) is 0. The van der Waals surface area contributed by atoms with Gasteiger partial charge >= 0.3 is 0 Å². The molecule has 0 amide bonds. The maximum atomic E-state index is 2.75. The Morgan fingerprint density at radius 2 is 0.615 bits per heavy atom. The lowest BCUT2D eigenvalue weighted by atomic mass is 10.0. The van der Waals surface area contributed by atoms with Crippen LogP contribution in [0.25, 0.3) is 11.1 Å². The van der Waals surface area contributed by atoms with Crippen LogP contribution >= 0.6 is 16.1 Å². The molecule has 0 unspecified atom stereocenters. The summed E-state index contributed by atoms with van der Waals surface area (Å²) in [5.41, 5.74) is 3.73. The molecule has 3 heteroatoms. The molecule has 6 aromatic rings. The predicted molar refractivity (Wildman–Crippen MR) is 173 cm³/mol. The Morgan fingerprint density at radius 1 is 0.308 bits per heavy atom. The molecular weight excluding hydrogens is 508 g/mol. The normalized spacial score (nSPS) is 11.0. The Bertz CT molecular complexity index is 1430. The first kappa shape index (κ1) is 25.3. The van der Waals surface area contributed by atoms with Crippen LogP contribution in [0.2, 0.25) is 0 Å². The van der Waals surface area contributed by atoms with Gasteiger partial charge in [0.25, 0.3) is 0 Å². The Hall–Kier alpha value is -4.02. The third-order valence-electron chi connectivity index (χ3n) is 6.59. The van der Waals surface area contributed by atoms with Crippen molar-refractivity contribution < 1.29 is 0 Å². The van der Waals surface area contributed by atoms with Gasteiger partial charge in [-0.15, -0.1) is 0 Å². The van der Waals surface area contributed by atoms with E-state index in [-0.39, 0.29) is 0 Å². The van der Waals surface area contributed by atoms with Gasteiger partial charge in [-0.05, 0) is 11.6 Å². The third kappa shape index (κ3) is 5.57. The maximum absolute atomic E-state index is 2.75. The summed E-state index contributed by atoms with van der Waals surface area (Å²) in [5.74, 6) is 0. The van der Waals surface area contributed by atoms with E-state index in [1.165, 1.54) is 38.0 Å². The molecule has 188 valence electrons. The van der Waals surface area contributed by atoms with Crippen molar-refractivity contribution >= 4 is 43.1 Å². The van der Waals surface area contributed by atoms with E-state index in [1.807, 2.05) is 0 Å². The van der Waals surface area contributed by atoms with Crippen LogP contribution in [0.15, 0.2) is 176 Å². The van der Waals surface area contributed by atoms with Gasteiger partial charge in [0.15, 0.2) is 0 Å². The molecule has 0 atom stereocenters. The van der Waals surface area contributed by atoms with Gasteiger partial charge in [0.1, 0.15) is 0 Å². The lowest BCUT2D eigenvalue weighted by Gasteiger charge is -2.41. The quantitative estimate of drug-likeness (QED) is 0.177. The van der Waals surface area contributed by atoms with Gasteiger partial charge < -0.3 is 4.44 Å². The van der Waals surface area contributed by atoms with Crippen molar-refractivity contribution in [1.82, 2.24) is 0 Å². The van der Waals surface area contributed by atoms with Crippen LogP contribution in [0.1, 0.15) is 0 Å². The second kappa shape index (κ2) is 12.2. The molecule has 0 saturated heterocycles. The highest BCUT2D eigenvalue weighted by atomic mass is 31.2. The topological polar surface area (TPSA) is 3.24 Å². The first-order valence-corrected chi connectivity index (χ1v) is 15.7. The number of hydrogen-bond donors (Lipinski definition) is 0. The minimum atomic E-state index is -0.922. The molecule has 39 heavy (non-hydrogen) atoms. The first-order valence-electron chi connectivity index (χ1n) is 13.1. The Balaban J connectivity index is 1.68. The number of para-hydroxylation sites is 1. The molecular formula is C36H29NP2. The summed E-state index contributed by atoms with van der Waals surface area (Å²) < 4.78 is 2.75. The standard InChI is InChI=1S/C36H29NP2/c1-6-18-30(19-7-1)35-28-16-17-29-36(35)37(38(31-20-8-2-9-21-31)32-22-10-3-11-23-32)39(33-24-12-4-13-25-33)34-26-14-5-15-27-34/h1-29H. The molecule has 0 N–H and O–H groups in total. The second-order valence-corrected chi connectivity index (χ2v) is 13.6. The molecule has 0 radical (unpaired) electrons. The second-order valence-electron chi connectivity index (χ2n) is 9.14. The number of anilines is 1. The highest BCUT2D eigenvalue weighted by Gasteiger charge is 2.33. The maximum Gasteiger partial charge on any atom is 0.0590 e. The molecule has 1 nitrogen and oxygen atoms in total. The fraction of sp³-hybridized carbons (Fsp3) is 0. The van der Waals surface area contributed by atoms with Gasteiger partial charge in [-0.2, -0.15) is 0 Å². The molecule has 0 heterocycles. The van der Waals surface area contributed by atoms with Crippen LogP contribution in [0.5, 0.6) is 0 Å². The molecule has 6 aromatic carbocycles. The molecule has 0 aromatic heterocycles. The molecule has 0 aliphatic heterocycles. The third-order valence-corrected chi connectivity index (χ3v) is 12.0. The van der Waals surface area contributed by atoms with Gasteiger partial charge in [-0.25, -0.2) is 0 Å². The zero-order chi connectivity index (χ0) is 26.3. The van der Waals surface area contributed by atoms with Crippen LogP contribution in [0.4, 0.5) is 5.69 Å². The van der Waals surface area contributed by atoms with E-state index < -0.39 is 16.1 Å². The lowest BCUT2D eigenvalue weighted by molar-refractivity contribution is 1.54. The van der Waals surface area contributed by atoms with Crippen molar-refractivity contribution in [3.05, 3.63) is 176 Å². The van der Waals surface area contributed by atoms with E-state index in [0.717, 1.165) is 0 Å². The zero-order valence-electron chi connectivity index (χ0n) is 21.6. The smallest absolute Gasteiger partial charge is 0.0590 e. The molecule has 0 spiro atoms. The number of rotatable bonds is 8. The van der Waals surface area contributed by atoms with E-state index in [9.17, 15) is 0 Å². The molecule has 0 aliphatic carbocycles. The van der Waals surface area contributed by atoms with E-state index in [0.29, 0.717) is 0 Å². The van der Waals surface area contributed by atoms with E-state index in [2.05, 4.69) is 180 Å². The van der Waals surface area contributed by atoms with E-state index in [1.54, 1.807) is 0 Å². The summed E-state index contributed by atoms with van der Waals surface area (Å²) in [4.78, 5) is 0. The molecule has 0 fully saturated rings. The highest BCUT2D eigenvalue weighted by Crippen LogP contribution is 2.58. The minimum absolute atomic E-state index is 0.922. The highest BCUT2D eigenvalue weighted by molar-refractivity contribution is 7.90. The van der Waals surface area contributed by atoms with Gasteiger partial charge in [0, 0.05) is 26.8 Å². The van der Waals surface area contributed by atoms with Gasteiger partial charge in [0.2, 0.25) is 0 Å². The van der Waals surface area contributed by atoms with Crippen LogP contribution in [0.3, 0.4) is 0 Å². The number of hydrogen-bond acceptors (Lipinski definition) is 1. The average molecular weight is 538 g/mol. The summed E-state index contributed by atoms with van der Waals surface area (Å²) in [6, 6.07) is 63.8. The van der Waals surface area contributed by atoms with Crippen LogP contribution in [0, 0.1) is 0 Å². The molecule has 0 aliphatic rings. The van der Waals surface area contributed by atoms with E-state index in [4.69, 9.17) is 0 Å². The van der Waals surface area contributed by atoms with Crippen molar-refractivity contribution in [2.24, 2.45) is 0 Å². The first-order chi connectivity index (χ1) is 19.4. The SMILES string of the molecule is c1ccc(-c2ccccc2N(P(c2ccccc2)c2ccccc2)P(c2ccccc2)c2ccccc2)cc1. The summed E-state index contributed by atoms with van der Waals surface area (Å²) >= 11 is 0. The van der Waals surface area contributed by atoms with Gasteiger partial charge in [0.05, 0.1) is 21.8 Å². The summed E-state index contributed by atoms with van der Waals surface area (Å²) in [5, 5.41) is 5.34. The number of benzene rings is 6. The minimum Gasteiger partial charge on any atom is -0.312 e. The Labute approximate surface area is 234 Å². The monoisotopic (exact) mass is 537 g/mol. The van der Waals surface area contributed by atoms with Crippen molar-refractivity contribution in [2.45, 2.75) is 0 Å². The van der Waals surface area contributed by atoms with Crippen molar-refractivity contribution in [1.29, 1.82) is 0 Å². The van der Waals surface area contributed by atoms with Crippen LogP contribution < -0.4 is 25.7 Å². The van der Waals surface area contributed by atoms with Crippen LogP contribution in [-0.2, 0) is 0 Å². The van der Waals surface area contributed by atoms with Crippen molar-refractivity contribution in [2.75, 3.05) is 4.44 Å². The molecule has 0 saturated carbocycles. The fourth-order valence-corrected chi connectivity index (χ4v) is 10.9. The molecule has 6 rings (SSSR count). The number of nitrogens with zero attached hydrogens (tertiary/aromatic N) is 1. The summed E-state index contributed by atoms with van der Waals surface area (Å²) in [6.07, 6.45) is 0. The Kier molecular flexibility index (Phi) is 7.92.